The number of rotatable bonds is 5. The van der Waals surface area contributed by atoms with E-state index in [4.69, 9.17) is 9.92 Å². The number of likely N-dealkylation sites (N-methyl/N-ethyl adjacent to an activating group) is 1. The van der Waals surface area contributed by atoms with Crippen LogP contribution >= 0.6 is 0 Å². The number of guanidine groups is 1. The summed E-state index contributed by atoms with van der Waals surface area (Å²) in [5.74, 6) is -1.06. The molecule has 1 amide bonds. The van der Waals surface area contributed by atoms with Crippen molar-refractivity contribution in [2.75, 3.05) is 13.3 Å². The summed E-state index contributed by atoms with van der Waals surface area (Å²) in [5, 5.41) is 0. The molecule has 3 heterocycles. The molecule has 0 bridgehead atoms. The minimum Gasteiger partial charge on any atom is -0.383 e. The number of carbonyl (C=O) groups is 1. The average Bonchev–Trinajstić information content (AvgIpc) is 2.98. The number of aliphatic imine (C=N–C) groups is 1. The number of amides is 1. The summed E-state index contributed by atoms with van der Waals surface area (Å²) in [6.45, 7) is 0. The molecule has 1 aliphatic heterocycles. The van der Waals surface area contributed by atoms with E-state index < -0.39 is 27.5 Å². The van der Waals surface area contributed by atoms with E-state index in [1.807, 2.05) is 0 Å². The number of hydrogen-bond acceptors (Lipinski definition) is 8. The number of benzene rings is 1. The molecule has 9 nitrogen and oxygen atoms in total. The van der Waals surface area contributed by atoms with E-state index in [2.05, 4.69) is 15.0 Å². The van der Waals surface area contributed by atoms with Crippen molar-refractivity contribution in [1.82, 2.24) is 14.9 Å². The van der Waals surface area contributed by atoms with Crippen molar-refractivity contribution in [3.63, 3.8) is 0 Å². The van der Waals surface area contributed by atoms with Crippen LogP contribution in [0, 0.1) is 5.95 Å². The molecule has 0 radical (unpaired) electrons. The molecule has 1 atom stereocenters. The fraction of sp³-hybridized carbons (Fsp3) is 0.143. The lowest BCUT2D eigenvalue weighted by Crippen LogP contribution is -2.41. The maximum Gasteiger partial charge on any atom is 0.306 e. The van der Waals surface area contributed by atoms with E-state index >= 15 is 0 Å². The van der Waals surface area contributed by atoms with Crippen LogP contribution in [0.2, 0.25) is 0 Å². The molecule has 1 aromatic carbocycles. The molecular formula is C21H18FN5O4S. The topological polar surface area (TPSA) is 128 Å². The first-order chi connectivity index (χ1) is 15.1. The van der Waals surface area contributed by atoms with Crippen molar-refractivity contribution in [2.24, 2.45) is 10.7 Å². The standard InChI is InChI=1S/C21H18FN5O4S/c1-27-19(28)21(26-20(27)23,13-5-7-15(8-6-13)31-32(2,29)30)14-9-11-24-17(12-14)16-4-3-10-25-18(16)22/h3-12H,1-2H3,(H2,23,26). The lowest BCUT2D eigenvalue weighted by molar-refractivity contribution is -0.129. The lowest BCUT2D eigenvalue weighted by Gasteiger charge is -2.26. The molecule has 1 aliphatic rings. The number of halogens is 1. The van der Waals surface area contributed by atoms with Crippen LogP contribution in [0.15, 0.2) is 65.9 Å². The van der Waals surface area contributed by atoms with Crippen LogP contribution in [0.25, 0.3) is 11.3 Å². The number of nitrogens with two attached hydrogens (primary N) is 1. The van der Waals surface area contributed by atoms with Gasteiger partial charge in [0.25, 0.3) is 5.91 Å². The van der Waals surface area contributed by atoms with E-state index in [9.17, 15) is 17.6 Å². The Labute approximate surface area is 183 Å². The molecule has 11 heteroatoms. The van der Waals surface area contributed by atoms with Crippen molar-refractivity contribution in [3.8, 4) is 17.0 Å². The molecule has 2 aromatic heterocycles. The Balaban J connectivity index is 1.88. The zero-order valence-corrected chi connectivity index (χ0v) is 17.9. The predicted molar refractivity (Wildman–Crippen MR) is 115 cm³/mol. The van der Waals surface area contributed by atoms with Gasteiger partial charge in [0.15, 0.2) is 11.5 Å². The number of hydrogen-bond donors (Lipinski definition) is 1. The Morgan fingerprint density at radius 1 is 1.06 bits per heavy atom. The molecule has 32 heavy (non-hydrogen) atoms. The third kappa shape index (κ3) is 3.66. The Hall–Kier alpha value is -3.86. The van der Waals surface area contributed by atoms with Crippen molar-refractivity contribution in [1.29, 1.82) is 0 Å². The second kappa shape index (κ2) is 7.68. The van der Waals surface area contributed by atoms with Gasteiger partial charge >= 0.3 is 10.1 Å². The fourth-order valence-electron chi connectivity index (χ4n) is 3.49. The average molecular weight is 455 g/mol. The maximum atomic E-state index is 14.2. The second-order valence-corrected chi connectivity index (χ2v) is 8.70. The highest BCUT2D eigenvalue weighted by Crippen LogP contribution is 2.40. The molecule has 1 unspecified atom stereocenters. The van der Waals surface area contributed by atoms with Gasteiger partial charge < -0.3 is 9.92 Å². The number of pyridine rings is 2. The summed E-state index contributed by atoms with van der Waals surface area (Å²) in [7, 11) is -2.22. The number of nitrogens with zero attached hydrogens (tertiary/aromatic N) is 4. The van der Waals surface area contributed by atoms with Crippen LogP contribution in [-0.2, 0) is 20.5 Å². The first-order valence-electron chi connectivity index (χ1n) is 9.33. The van der Waals surface area contributed by atoms with E-state index in [1.54, 1.807) is 18.2 Å². The molecule has 0 fully saturated rings. The molecule has 0 spiro atoms. The van der Waals surface area contributed by atoms with Crippen molar-refractivity contribution < 1.29 is 21.8 Å². The summed E-state index contributed by atoms with van der Waals surface area (Å²) < 4.78 is 41.9. The highest BCUT2D eigenvalue weighted by molar-refractivity contribution is 7.86. The summed E-state index contributed by atoms with van der Waals surface area (Å²) in [5.41, 5.74) is 5.65. The quantitative estimate of drug-likeness (QED) is 0.458. The molecule has 0 saturated carbocycles. The third-order valence-electron chi connectivity index (χ3n) is 4.97. The minimum atomic E-state index is -3.72. The van der Waals surface area contributed by atoms with Crippen LogP contribution in [0.5, 0.6) is 5.75 Å². The SMILES string of the molecule is CN1C(=O)C(c2ccc(OS(C)(=O)=O)cc2)(c2ccnc(-c3cccnc3F)c2)N=C1N. The Morgan fingerprint density at radius 2 is 1.78 bits per heavy atom. The molecule has 0 saturated heterocycles. The largest absolute Gasteiger partial charge is 0.383 e. The molecular weight excluding hydrogens is 437 g/mol. The number of carbonyl (C=O) groups excluding carboxylic acids is 1. The zero-order valence-electron chi connectivity index (χ0n) is 17.1. The van der Waals surface area contributed by atoms with E-state index in [0.29, 0.717) is 11.1 Å². The molecule has 3 aromatic rings. The summed E-state index contributed by atoms with van der Waals surface area (Å²) in [6.07, 6.45) is 3.70. The van der Waals surface area contributed by atoms with Crippen molar-refractivity contribution in [2.45, 2.75) is 5.54 Å². The van der Waals surface area contributed by atoms with Gasteiger partial charge in [0.2, 0.25) is 5.95 Å². The lowest BCUT2D eigenvalue weighted by atomic mass is 9.82. The smallest absolute Gasteiger partial charge is 0.306 e. The van der Waals surface area contributed by atoms with Crippen LogP contribution < -0.4 is 9.92 Å². The van der Waals surface area contributed by atoms with Crippen molar-refractivity contribution in [3.05, 3.63) is 78.0 Å². The highest BCUT2D eigenvalue weighted by atomic mass is 32.2. The Bertz CT molecular complexity index is 1340. The van der Waals surface area contributed by atoms with Gasteiger partial charge in [0.05, 0.1) is 17.5 Å². The van der Waals surface area contributed by atoms with Gasteiger partial charge in [-0.3, -0.25) is 14.7 Å². The molecule has 2 N–H and O–H groups in total. The molecule has 0 aliphatic carbocycles. The molecule has 4 rings (SSSR count). The summed E-state index contributed by atoms with van der Waals surface area (Å²) in [6, 6.07) is 12.1. The van der Waals surface area contributed by atoms with E-state index in [0.717, 1.165) is 6.26 Å². The van der Waals surface area contributed by atoms with Crippen LogP contribution in [0.3, 0.4) is 0 Å². The van der Waals surface area contributed by atoms with E-state index in [-0.39, 0.29) is 23.0 Å². The minimum absolute atomic E-state index is 0.00242. The van der Waals surface area contributed by atoms with Crippen molar-refractivity contribution >= 4 is 22.0 Å². The summed E-state index contributed by atoms with van der Waals surface area (Å²) in [4.78, 5) is 26.9. The van der Waals surface area contributed by atoms with Gasteiger partial charge in [-0.1, -0.05) is 12.1 Å². The summed E-state index contributed by atoms with van der Waals surface area (Å²) >= 11 is 0. The van der Waals surface area contributed by atoms with Gasteiger partial charge in [-0.15, -0.1) is 0 Å². The van der Waals surface area contributed by atoms with Gasteiger partial charge in [-0.05, 0) is 47.5 Å². The van der Waals surface area contributed by atoms with Crippen LogP contribution in [0.4, 0.5) is 4.39 Å². The predicted octanol–water partition coefficient (Wildman–Crippen LogP) is 1.65. The monoisotopic (exact) mass is 455 g/mol. The first kappa shape index (κ1) is 21.4. The number of aromatic nitrogens is 2. The second-order valence-electron chi connectivity index (χ2n) is 7.13. The third-order valence-corrected chi connectivity index (χ3v) is 5.47. The Kier molecular flexibility index (Phi) is 5.13. The van der Waals surface area contributed by atoms with Crippen LogP contribution in [-0.4, -0.2) is 48.5 Å². The maximum absolute atomic E-state index is 14.2. The fourth-order valence-corrected chi connectivity index (χ4v) is 3.95. The van der Waals surface area contributed by atoms with Gasteiger partial charge in [0.1, 0.15) is 5.75 Å². The Morgan fingerprint density at radius 3 is 2.38 bits per heavy atom. The normalized spacial score (nSPS) is 18.5. The van der Waals surface area contributed by atoms with E-state index in [1.165, 1.54) is 54.7 Å². The first-order valence-corrected chi connectivity index (χ1v) is 11.1. The van der Waals surface area contributed by atoms with Gasteiger partial charge in [-0.2, -0.15) is 12.8 Å². The van der Waals surface area contributed by atoms with Crippen LogP contribution in [0.1, 0.15) is 11.1 Å². The van der Waals surface area contributed by atoms with Gasteiger partial charge in [0, 0.05) is 19.4 Å². The van der Waals surface area contributed by atoms with Gasteiger partial charge in [-0.25, -0.2) is 9.98 Å². The zero-order chi connectivity index (χ0) is 23.1. The highest BCUT2D eigenvalue weighted by Gasteiger charge is 2.49. The molecule has 164 valence electrons.